The number of benzene rings is 2. The first-order valence-electron chi connectivity index (χ1n) is 6.14. The van der Waals surface area contributed by atoms with E-state index in [0.29, 0.717) is 17.9 Å². The van der Waals surface area contributed by atoms with E-state index in [1.165, 1.54) is 0 Å². The van der Waals surface area contributed by atoms with Crippen molar-refractivity contribution in [3.05, 3.63) is 42.0 Å². The van der Waals surface area contributed by atoms with Gasteiger partial charge in [0.1, 0.15) is 5.75 Å². The molecule has 1 unspecified atom stereocenters. The summed E-state index contributed by atoms with van der Waals surface area (Å²) in [5, 5.41) is 19.9. The highest BCUT2D eigenvalue weighted by Crippen LogP contribution is 2.33. The van der Waals surface area contributed by atoms with E-state index in [0.717, 1.165) is 10.8 Å². The van der Waals surface area contributed by atoms with Gasteiger partial charge in [-0.25, -0.2) is 0 Å². The van der Waals surface area contributed by atoms with Gasteiger partial charge in [-0.3, -0.25) is 5.41 Å². The van der Waals surface area contributed by atoms with Crippen molar-refractivity contribution in [1.82, 2.24) is 0 Å². The van der Waals surface area contributed by atoms with Crippen LogP contribution in [0.2, 0.25) is 0 Å². The molecular weight excluding hydrogens is 242 g/mol. The zero-order valence-corrected chi connectivity index (χ0v) is 11.0. The van der Waals surface area contributed by atoms with E-state index < -0.39 is 6.10 Å². The quantitative estimate of drug-likeness (QED) is 0.655. The molecule has 0 aliphatic carbocycles. The van der Waals surface area contributed by atoms with E-state index in [9.17, 15) is 5.11 Å². The Morgan fingerprint density at radius 3 is 2.68 bits per heavy atom. The standard InChI is InChI=1S/C15H17NO3/c1-3-19-15(16)14(17)13-11-7-5-4-6-10(11)8-9-12(13)18-2/h4-9,14,16-17H,3H2,1-2H3. The van der Waals surface area contributed by atoms with Crippen molar-refractivity contribution in [2.45, 2.75) is 13.0 Å². The Morgan fingerprint density at radius 1 is 1.26 bits per heavy atom. The molecule has 0 aromatic heterocycles. The summed E-state index contributed by atoms with van der Waals surface area (Å²) in [6.45, 7) is 2.13. The summed E-state index contributed by atoms with van der Waals surface area (Å²) in [5.74, 6) is 0.382. The van der Waals surface area contributed by atoms with Gasteiger partial charge in [0.2, 0.25) is 5.90 Å². The fourth-order valence-corrected chi connectivity index (χ4v) is 2.10. The summed E-state index contributed by atoms with van der Waals surface area (Å²) in [7, 11) is 1.55. The van der Waals surface area contributed by atoms with Gasteiger partial charge in [-0.2, -0.15) is 0 Å². The minimum atomic E-state index is -1.12. The van der Waals surface area contributed by atoms with Crippen LogP contribution in [0.25, 0.3) is 10.8 Å². The van der Waals surface area contributed by atoms with E-state index >= 15 is 0 Å². The number of fused-ring (bicyclic) bond motifs is 1. The summed E-state index contributed by atoms with van der Waals surface area (Å²) in [6, 6.07) is 11.4. The van der Waals surface area contributed by atoms with E-state index in [-0.39, 0.29) is 5.90 Å². The Balaban J connectivity index is 2.58. The molecule has 0 bridgehead atoms. The molecule has 4 nitrogen and oxygen atoms in total. The lowest BCUT2D eigenvalue weighted by molar-refractivity contribution is 0.188. The topological polar surface area (TPSA) is 62.5 Å². The summed E-state index contributed by atoms with van der Waals surface area (Å²) >= 11 is 0. The molecule has 2 aromatic carbocycles. The molecular formula is C15H17NO3. The number of aliphatic hydroxyl groups excluding tert-OH is 1. The average Bonchev–Trinajstić information content (AvgIpc) is 2.45. The van der Waals surface area contributed by atoms with Gasteiger partial charge in [-0.15, -0.1) is 0 Å². The smallest absolute Gasteiger partial charge is 0.215 e. The summed E-state index contributed by atoms with van der Waals surface area (Å²) < 4.78 is 10.4. The van der Waals surface area contributed by atoms with Crippen LogP contribution >= 0.6 is 0 Å². The van der Waals surface area contributed by atoms with Crippen LogP contribution in [0.4, 0.5) is 0 Å². The molecule has 2 rings (SSSR count). The van der Waals surface area contributed by atoms with Crippen LogP contribution in [0.1, 0.15) is 18.6 Å². The van der Waals surface area contributed by atoms with Gasteiger partial charge in [-0.1, -0.05) is 30.3 Å². The summed E-state index contributed by atoms with van der Waals surface area (Å²) in [4.78, 5) is 0. The van der Waals surface area contributed by atoms with Gasteiger partial charge < -0.3 is 14.6 Å². The molecule has 0 heterocycles. The van der Waals surface area contributed by atoms with Crippen LogP contribution < -0.4 is 4.74 Å². The van der Waals surface area contributed by atoms with Crippen LogP contribution in [0.5, 0.6) is 5.75 Å². The number of methoxy groups -OCH3 is 1. The van der Waals surface area contributed by atoms with Gasteiger partial charge in [-0.05, 0) is 23.8 Å². The zero-order valence-electron chi connectivity index (χ0n) is 11.0. The lowest BCUT2D eigenvalue weighted by Crippen LogP contribution is -2.15. The lowest BCUT2D eigenvalue weighted by Gasteiger charge is -2.18. The van der Waals surface area contributed by atoms with Gasteiger partial charge in [0.25, 0.3) is 0 Å². The second-order valence-corrected chi connectivity index (χ2v) is 4.10. The monoisotopic (exact) mass is 259 g/mol. The molecule has 1 atom stereocenters. The first kappa shape index (κ1) is 13.4. The molecule has 0 spiro atoms. The van der Waals surface area contributed by atoms with Crippen molar-refractivity contribution in [3.63, 3.8) is 0 Å². The normalized spacial score (nSPS) is 12.2. The Labute approximate surface area is 112 Å². The van der Waals surface area contributed by atoms with Crippen molar-refractivity contribution in [1.29, 1.82) is 5.41 Å². The zero-order chi connectivity index (χ0) is 13.8. The molecule has 0 amide bonds. The fraction of sp³-hybridized carbons (Fsp3) is 0.267. The van der Waals surface area contributed by atoms with Crippen molar-refractivity contribution >= 4 is 16.7 Å². The maximum Gasteiger partial charge on any atom is 0.215 e. The molecule has 0 saturated carbocycles. The largest absolute Gasteiger partial charge is 0.496 e. The Kier molecular flexibility index (Phi) is 4.02. The molecule has 0 saturated heterocycles. The maximum absolute atomic E-state index is 10.3. The molecule has 0 aliphatic heterocycles. The third kappa shape index (κ3) is 2.53. The molecule has 4 heteroatoms. The van der Waals surface area contributed by atoms with Gasteiger partial charge in [0, 0.05) is 5.56 Å². The molecule has 2 N–H and O–H groups in total. The number of ether oxygens (including phenoxy) is 2. The number of hydrogen-bond donors (Lipinski definition) is 2. The minimum absolute atomic E-state index is 0.169. The molecule has 100 valence electrons. The first-order chi connectivity index (χ1) is 9.19. The van der Waals surface area contributed by atoms with Crippen LogP contribution in [0.3, 0.4) is 0 Å². The van der Waals surface area contributed by atoms with Gasteiger partial charge in [0.05, 0.1) is 13.7 Å². The van der Waals surface area contributed by atoms with Crippen LogP contribution in [0, 0.1) is 5.41 Å². The lowest BCUT2D eigenvalue weighted by atomic mass is 9.99. The van der Waals surface area contributed by atoms with Gasteiger partial charge in [0.15, 0.2) is 6.10 Å². The van der Waals surface area contributed by atoms with Crippen molar-refractivity contribution < 1.29 is 14.6 Å². The highest BCUT2D eigenvalue weighted by molar-refractivity contribution is 5.93. The Hall–Kier alpha value is -2.07. The highest BCUT2D eigenvalue weighted by atomic mass is 16.5. The van der Waals surface area contributed by atoms with Crippen LogP contribution in [-0.4, -0.2) is 24.7 Å². The number of rotatable bonds is 4. The van der Waals surface area contributed by atoms with Crippen molar-refractivity contribution in [2.24, 2.45) is 0 Å². The second-order valence-electron chi connectivity index (χ2n) is 4.10. The molecule has 19 heavy (non-hydrogen) atoms. The van der Waals surface area contributed by atoms with E-state index in [2.05, 4.69) is 0 Å². The van der Waals surface area contributed by atoms with E-state index in [4.69, 9.17) is 14.9 Å². The van der Waals surface area contributed by atoms with Crippen molar-refractivity contribution in [2.75, 3.05) is 13.7 Å². The van der Waals surface area contributed by atoms with Crippen LogP contribution in [-0.2, 0) is 4.74 Å². The predicted molar refractivity (Wildman–Crippen MR) is 74.8 cm³/mol. The van der Waals surface area contributed by atoms with E-state index in [1.807, 2.05) is 30.3 Å². The minimum Gasteiger partial charge on any atom is -0.496 e. The molecule has 0 fully saturated rings. The molecule has 2 aromatic rings. The van der Waals surface area contributed by atoms with Crippen molar-refractivity contribution in [3.8, 4) is 5.75 Å². The number of aliphatic hydroxyl groups is 1. The van der Waals surface area contributed by atoms with Crippen LogP contribution in [0.15, 0.2) is 36.4 Å². The Bertz CT molecular complexity index is 595. The number of nitrogens with one attached hydrogen (secondary N) is 1. The molecule has 0 aliphatic rings. The average molecular weight is 259 g/mol. The van der Waals surface area contributed by atoms with Gasteiger partial charge >= 0.3 is 0 Å². The Morgan fingerprint density at radius 2 is 2.00 bits per heavy atom. The fourth-order valence-electron chi connectivity index (χ4n) is 2.10. The predicted octanol–water partition coefficient (Wildman–Crippen LogP) is 2.90. The second kappa shape index (κ2) is 5.71. The SMILES string of the molecule is CCOC(=N)C(O)c1c(OC)ccc2ccccc12. The third-order valence-electron chi connectivity index (χ3n) is 2.97. The maximum atomic E-state index is 10.3. The third-order valence-corrected chi connectivity index (χ3v) is 2.97. The first-order valence-corrected chi connectivity index (χ1v) is 6.14. The highest BCUT2D eigenvalue weighted by Gasteiger charge is 2.21. The number of hydrogen-bond acceptors (Lipinski definition) is 4. The van der Waals surface area contributed by atoms with E-state index in [1.54, 1.807) is 20.1 Å². The summed E-state index contributed by atoms with van der Waals surface area (Å²) in [5.41, 5.74) is 0.569. The molecule has 0 radical (unpaired) electrons. The summed E-state index contributed by atoms with van der Waals surface area (Å²) in [6.07, 6.45) is -1.12.